The van der Waals surface area contributed by atoms with Gasteiger partial charge in [0.05, 0.1) is 17.7 Å². The average molecular weight is 508 g/mol. The van der Waals surface area contributed by atoms with E-state index in [0.717, 1.165) is 29.9 Å². The molecule has 0 radical (unpaired) electrons. The lowest BCUT2D eigenvalue weighted by Gasteiger charge is -2.38. The fraction of sp³-hybridized carbons (Fsp3) is 0.259. The van der Waals surface area contributed by atoms with Crippen molar-refractivity contribution in [3.63, 3.8) is 0 Å². The fourth-order valence-corrected chi connectivity index (χ4v) is 6.76. The van der Waals surface area contributed by atoms with Crippen LogP contribution in [0.3, 0.4) is 0 Å². The van der Waals surface area contributed by atoms with Crippen molar-refractivity contribution in [3.8, 4) is 16.9 Å². The summed E-state index contributed by atoms with van der Waals surface area (Å²) in [7, 11) is -2.26. The van der Waals surface area contributed by atoms with Crippen LogP contribution in [0.25, 0.3) is 21.2 Å². The van der Waals surface area contributed by atoms with Gasteiger partial charge in [0.1, 0.15) is 5.75 Å². The van der Waals surface area contributed by atoms with E-state index in [0.29, 0.717) is 23.5 Å². The highest BCUT2D eigenvalue weighted by atomic mass is 32.2. The summed E-state index contributed by atoms with van der Waals surface area (Å²) in [5.74, 6) is 0.481. The Morgan fingerprint density at radius 2 is 1.71 bits per heavy atom. The van der Waals surface area contributed by atoms with Crippen LogP contribution in [0.4, 0.5) is 11.4 Å². The van der Waals surface area contributed by atoms with E-state index in [1.54, 1.807) is 30.6 Å². The van der Waals surface area contributed by atoms with Gasteiger partial charge in [0.2, 0.25) is 0 Å². The third-order valence-corrected chi connectivity index (χ3v) is 8.65. The highest BCUT2D eigenvalue weighted by molar-refractivity contribution is 7.92. The van der Waals surface area contributed by atoms with Crippen LogP contribution < -0.4 is 19.7 Å². The van der Waals surface area contributed by atoms with Crippen LogP contribution in [-0.4, -0.2) is 40.7 Å². The van der Waals surface area contributed by atoms with Crippen LogP contribution in [-0.2, 0) is 10.0 Å². The summed E-state index contributed by atoms with van der Waals surface area (Å²) >= 11 is 1.69. The largest absolute Gasteiger partial charge is 0.495 e. The van der Waals surface area contributed by atoms with E-state index in [1.807, 2.05) is 42.5 Å². The summed E-state index contributed by atoms with van der Waals surface area (Å²) in [5.41, 5.74) is 3.49. The van der Waals surface area contributed by atoms with Crippen LogP contribution in [0.5, 0.6) is 5.75 Å². The molecule has 3 aromatic carbocycles. The molecule has 0 bridgehead atoms. The Morgan fingerprint density at radius 1 is 1.00 bits per heavy atom. The van der Waals surface area contributed by atoms with Crippen molar-refractivity contribution in [1.29, 1.82) is 0 Å². The van der Waals surface area contributed by atoms with E-state index in [1.165, 1.54) is 10.1 Å². The first-order valence-corrected chi connectivity index (χ1v) is 14.0. The second-order valence-corrected chi connectivity index (χ2v) is 11.6. The van der Waals surface area contributed by atoms with Crippen molar-refractivity contribution < 1.29 is 13.2 Å². The van der Waals surface area contributed by atoms with Gasteiger partial charge in [0.25, 0.3) is 10.0 Å². The van der Waals surface area contributed by atoms with Gasteiger partial charge in [-0.3, -0.25) is 4.72 Å². The van der Waals surface area contributed by atoms with Gasteiger partial charge in [-0.2, -0.15) is 0 Å². The molecule has 2 N–H and O–H groups in total. The molecule has 6 nitrogen and oxygen atoms in total. The lowest BCUT2D eigenvalue weighted by molar-refractivity contribution is 0.406. The van der Waals surface area contributed by atoms with Gasteiger partial charge in [-0.1, -0.05) is 30.3 Å². The van der Waals surface area contributed by atoms with Gasteiger partial charge in [-0.05, 0) is 61.2 Å². The molecule has 182 valence electrons. The number of nitrogens with zero attached hydrogens (tertiary/aromatic N) is 1. The zero-order chi connectivity index (χ0) is 24.6. The Morgan fingerprint density at radius 3 is 2.43 bits per heavy atom. The SMILES string of the molecule is COc1ccc(N2C[C@@H](C)N[C@@H](C)C2)cc1NS(=O)(=O)c1ccc(-c2csc3ccccc23)cc1. The van der Waals surface area contributed by atoms with E-state index in [9.17, 15) is 8.42 Å². The minimum absolute atomic E-state index is 0.206. The average Bonchev–Trinajstić information content (AvgIpc) is 3.27. The van der Waals surface area contributed by atoms with Gasteiger partial charge in [0, 0.05) is 46.5 Å². The number of hydrogen-bond acceptors (Lipinski definition) is 6. The topological polar surface area (TPSA) is 70.7 Å². The van der Waals surface area contributed by atoms with Crippen LogP contribution in [0.1, 0.15) is 13.8 Å². The number of fused-ring (bicyclic) bond motifs is 1. The Hall–Kier alpha value is -3.07. The molecule has 4 aromatic rings. The van der Waals surface area contributed by atoms with E-state index in [4.69, 9.17) is 4.74 Å². The van der Waals surface area contributed by atoms with Crippen molar-refractivity contribution in [1.82, 2.24) is 5.32 Å². The standard InChI is InChI=1S/C27H29N3O3S2/c1-18-15-30(16-19(2)28-18)21-10-13-26(33-3)25(14-21)29-35(31,32)22-11-8-20(9-12-22)24-17-34-27-7-5-4-6-23(24)27/h4-14,17-19,28-29H,15-16H2,1-3H3/t18-,19+. The monoisotopic (exact) mass is 507 g/mol. The van der Waals surface area contributed by atoms with Crippen molar-refractivity contribution in [3.05, 3.63) is 72.1 Å². The smallest absolute Gasteiger partial charge is 0.262 e. The maximum atomic E-state index is 13.3. The molecule has 2 atom stereocenters. The molecule has 1 aliphatic heterocycles. The Kier molecular flexibility index (Phi) is 6.44. The quantitative estimate of drug-likeness (QED) is 0.357. The number of benzene rings is 3. The minimum atomic E-state index is -3.80. The predicted octanol–water partition coefficient (Wildman–Crippen LogP) is 5.56. The van der Waals surface area contributed by atoms with Crippen molar-refractivity contribution in [2.24, 2.45) is 0 Å². The third kappa shape index (κ3) is 4.87. The maximum absolute atomic E-state index is 13.3. The Balaban J connectivity index is 1.41. The summed E-state index contributed by atoms with van der Waals surface area (Å²) < 4.78 is 36.0. The molecule has 5 rings (SSSR count). The first kappa shape index (κ1) is 23.7. The predicted molar refractivity (Wildman–Crippen MR) is 145 cm³/mol. The molecule has 0 saturated carbocycles. The first-order valence-electron chi connectivity index (χ1n) is 11.6. The Labute approximate surface area is 210 Å². The highest BCUT2D eigenvalue weighted by Gasteiger charge is 2.23. The summed E-state index contributed by atoms with van der Waals surface area (Å²) in [5, 5.41) is 6.81. The highest BCUT2D eigenvalue weighted by Crippen LogP contribution is 2.35. The number of nitrogens with one attached hydrogen (secondary N) is 2. The molecule has 0 amide bonds. The molecule has 1 aromatic heterocycles. The van der Waals surface area contributed by atoms with Crippen molar-refractivity contribution in [2.75, 3.05) is 29.8 Å². The second kappa shape index (κ2) is 9.53. The number of piperazine rings is 1. The fourth-order valence-electron chi connectivity index (χ4n) is 4.73. The molecule has 1 fully saturated rings. The lowest BCUT2D eigenvalue weighted by atomic mass is 10.1. The molecular formula is C27H29N3O3S2. The number of hydrogen-bond donors (Lipinski definition) is 2. The zero-order valence-electron chi connectivity index (χ0n) is 20.0. The van der Waals surface area contributed by atoms with Gasteiger partial charge in [0.15, 0.2) is 0 Å². The van der Waals surface area contributed by atoms with E-state index < -0.39 is 10.0 Å². The molecule has 1 saturated heterocycles. The van der Waals surface area contributed by atoms with E-state index in [-0.39, 0.29) is 4.90 Å². The number of methoxy groups -OCH3 is 1. The van der Waals surface area contributed by atoms with Gasteiger partial charge in [-0.15, -0.1) is 11.3 Å². The van der Waals surface area contributed by atoms with Crippen LogP contribution in [0.15, 0.2) is 77.0 Å². The number of sulfonamides is 1. The molecule has 0 aliphatic carbocycles. The molecule has 1 aliphatic rings. The van der Waals surface area contributed by atoms with E-state index >= 15 is 0 Å². The van der Waals surface area contributed by atoms with Crippen LogP contribution in [0.2, 0.25) is 0 Å². The summed E-state index contributed by atoms with van der Waals surface area (Å²) in [6.45, 7) is 6.00. The summed E-state index contributed by atoms with van der Waals surface area (Å²) in [6.07, 6.45) is 0. The lowest BCUT2D eigenvalue weighted by Crippen LogP contribution is -2.54. The Bertz CT molecular complexity index is 1440. The van der Waals surface area contributed by atoms with E-state index in [2.05, 4.69) is 46.3 Å². The molecule has 35 heavy (non-hydrogen) atoms. The van der Waals surface area contributed by atoms with Crippen LogP contribution >= 0.6 is 11.3 Å². The molecule has 0 spiro atoms. The molecule has 0 unspecified atom stereocenters. The zero-order valence-corrected chi connectivity index (χ0v) is 21.6. The van der Waals surface area contributed by atoms with Crippen LogP contribution in [0, 0.1) is 0 Å². The number of anilines is 2. The molecule has 8 heteroatoms. The second-order valence-electron chi connectivity index (χ2n) is 9.03. The first-order chi connectivity index (χ1) is 16.8. The molecule has 2 heterocycles. The number of rotatable bonds is 6. The molecular weight excluding hydrogens is 478 g/mol. The van der Waals surface area contributed by atoms with Crippen molar-refractivity contribution >= 4 is 42.8 Å². The van der Waals surface area contributed by atoms with Crippen molar-refractivity contribution in [2.45, 2.75) is 30.8 Å². The maximum Gasteiger partial charge on any atom is 0.262 e. The number of thiophene rings is 1. The number of ether oxygens (including phenoxy) is 1. The van der Waals surface area contributed by atoms with Gasteiger partial charge in [-0.25, -0.2) is 8.42 Å². The minimum Gasteiger partial charge on any atom is -0.495 e. The summed E-state index contributed by atoms with van der Waals surface area (Å²) in [6, 6.07) is 21.6. The third-order valence-electron chi connectivity index (χ3n) is 6.31. The summed E-state index contributed by atoms with van der Waals surface area (Å²) in [4.78, 5) is 2.47. The van der Waals surface area contributed by atoms with Gasteiger partial charge >= 0.3 is 0 Å². The normalized spacial score (nSPS) is 18.5. The van der Waals surface area contributed by atoms with Gasteiger partial charge < -0.3 is 15.0 Å².